The van der Waals surface area contributed by atoms with Crippen molar-refractivity contribution >= 4 is 29.2 Å². The molecular weight excluding hydrogens is 467 g/mol. The largest absolute Gasteiger partial charge is 0.491 e. The molecule has 0 bridgehead atoms. The highest BCUT2D eigenvalue weighted by Gasteiger charge is 2.28. The molecular formula is C25H29FN6O4. The number of carboxylic acid groups (broad SMARTS) is 1. The van der Waals surface area contributed by atoms with E-state index in [0.717, 1.165) is 40.2 Å². The van der Waals surface area contributed by atoms with Gasteiger partial charge < -0.3 is 24.6 Å². The predicted octanol–water partition coefficient (Wildman–Crippen LogP) is 4.13. The zero-order chi connectivity index (χ0) is 25.2. The summed E-state index contributed by atoms with van der Waals surface area (Å²) in [5.74, 6) is 1.30. The van der Waals surface area contributed by atoms with Gasteiger partial charge in [-0.25, -0.2) is 14.6 Å². The lowest BCUT2D eigenvalue weighted by molar-refractivity contribution is 0.124. The normalized spacial score (nSPS) is 16.4. The van der Waals surface area contributed by atoms with Crippen molar-refractivity contribution in [2.24, 2.45) is 5.92 Å². The molecule has 0 unspecified atom stereocenters. The first-order valence-electron chi connectivity index (χ1n) is 12.1. The number of benzene rings is 1. The Labute approximate surface area is 207 Å². The zero-order valence-electron chi connectivity index (χ0n) is 20.1. The lowest BCUT2D eigenvalue weighted by atomic mass is 9.94. The molecule has 5 rings (SSSR count). The Hall–Kier alpha value is -3.89. The fraction of sp³-hybridized carbons (Fsp3) is 0.440. The molecule has 0 radical (unpaired) electrons. The van der Waals surface area contributed by atoms with Crippen molar-refractivity contribution in [1.82, 2.24) is 24.8 Å². The summed E-state index contributed by atoms with van der Waals surface area (Å²) in [4.78, 5) is 40.8. The molecule has 1 saturated heterocycles. The lowest BCUT2D eigenvalue weighted by Crippen LogP contribution is -2.47. The minimum absolute atomic E-state index is 0.00817. The van der Waals surface area contributed by atoms with Crippen molar-refractivity contribution in [2.75, 3.05) is 44.9 Å². The second kappa shape index (κ2) is 10.00. The van der Waals surface area contributed by atoms with Crippen molar-refractivity contribution in [2.45, 2.75) is 25.8 Å². The van der Waals surface area contributed by atoms with E-state index in [2.05, 4.69) is 15.0 Å². The number of aromatic amines is 1. The number of anilines is 1. The predicted molar refractivity (Wildman–Crippen MR) is 132 cm³/mol. The molecule has 190 valence electrons. The number of halogens is 1. The molecule has 36 heavy (non-hydrogen) atoms. The van der Waals surface area contributed by atoms with Gasteiger partial charge in [0.1, 0.15) is 12.4 Å². The van der Waals surface area contributed by atoms with Crippen LogP contribution >= 0.6 is 0 Å². The number of nitrogens with zero attached hydrogens (tertiary/aromatic N) is 5. The quantitative estimate of drug-likeness (QED) is 0.561. The van der Waals surface area contributed by atoms with Gasteiger partial charge in [0.25, 0.3) is 0 Å². The number of amides is 3. The molecule has 0 aliphatic carbocycles. The number of rotatable bonds is 4. The smallest absolute Gasteiger partial charge is 0.413 e. The number of imidazole rings is 1. The highest BCUT2D eigenvalue weighted by molar-refractivity contribution is 5.87. The maximum Gasteiger partial charge on any atom is 0.413 e. The molecule has 2 aromatic heterocycles. The van der Waals surface area contributed by atoms with Crippen LogP contribution in [0, 0.1) is 5.92 Å². The maximum absolute atomic E-state index is 13.2. The number of nitrogens with one attached hydrogen (secondary N) is 1. The third-order valence-corrected chi connectivity index (χ3v) is 6.98. The van der Waals surface area contributed by atoms with Crippen LogP contribution in [0.3, 0.4) is 0 Å². The van der Waals surface area contributed by atoms with Gasteiger partial charge in [-0.05, 0) is 48.9 Å². The number of carbonyl (C=O) groups excluding carboxylic acids is 1. The molecule has 3 aromatic rings. The number of H-pyrrole nitrogens is 1. The van der Waals surface area contributed by atoms with Crippen molar-refractivity contribution in [3.05, 3.63) is 36.0 Å². The van der Waals surface area contributed by atoms with Gasteiger partial charge in [-0.15, -0.1) is 0 Å². The summed E-state index contributed by atoms with van der Waals surface area (Å²) in [5.41, 5.74) is 3.68. The topological polar surface area (TPSA) is 115 Å². The molecule has 10 nitrogen and oxygen atoms in total. The number of hydrogen-bond acceptors (Lipinski definition) is 5. The van der Waals surface area contributed by atoms with E-state index in [9.17, 15) is 19.1 Å². The minimum atomic E-state index is -1.12. The summed E-state index contributed by atoms with van der Waals surface area (Å²) in [6, 6.07) is 7.71. The average Bonchev–Trinajstić information content (AvgIpc) is 3.20. The van der Waals surface area contributed by atoms with Crippen LogP contribution in [0.4, 0.5) is 19.9 Å². The van der Waals surface area contributed by atoms with Gasteiger partial charge in [0, 0.05) is 37.5 Å². The molecule has 0 spiro atoms. The molecule has 0 atom stereocenters. The van der Waals surface area contributed by atoms with E-state index in [1.165, 1.54) is 7.05 Å². The maximum atomic E-state index is 13.2. The van der Waals surface area contributed by atoms with Crippen LogP contribution in [0.2, 0.25) is 0 Å². The van der Waals surface area contributed by atoms with E-state index in [1.807, 2.05) is 34.1 Å². The van der Waals surface area contributed by atoms with Crippen molar-refractivity contribution in [3.63, 3.8) is 0 Å². The van der Waals surface area contributed by atoms with Crippen LogP contribution in [0.15, 0.2) is 30.5 Å². The van der Waals surface area contributed by atoms with Gasteiger partial charge in [0.05, 0.1) is 25.3 Å². The van der Waals surface area contributed by atoms with E-state index in [1.54, 1.807) is 6.20 Å². The molecule has 0 saturated carbocycles. The summed E-state index contributed by atoms with van der Waals surface area (Å²) >= 11 is 0. The van der Waals surface area contributed by atoms with E-state index >= 15 is 0 Å². The van der Waals surface area contributed by atoms with Gasteiger partial charge in [-0.1, -0.05) is 6.07 Å². The number of piperidine rings is 1. The first kappa shape index (κ1) is 23.8. The number of fused-ring (bicyclic) bond motifs is 2. The fourth-order valence-electron chi connectivity index (χ4n) is 4.80. The van der Waals surface area contributed by atoms with Crippen LogP contribution < -0.4 is 9.64 Å². The summed E-state index contributed by atoms with van der Waals surface area (Å²) < 4.78 is 18.6. The SMILES string of the molecule is CN(C(=O)O)c1nc2ncc(-c3ccc4c(c3)CN(C(=O)N3CCC(CCF)CC3)CCO4)cc2[nH]1. The summed E-state index contributed by atoms with van der Waals surface area (Å²) in [7, 11) is 1.41. The van der Waals surface area contributed by atoms with Gasteiger partial charge >= 0.3 is 12.1 Å². The number of urea groups is 1. The molecule has 1 aromatic carbocycles. The monoisotopic (exact) mass is 496 g/mol. The molecule has 2 aliphatic rings. The summed E-state index contributed by atoms with van der Waals surface area (Å²) in [6.45, 7) is 2.35. The zero-order valence-corrected chi connectivity index (χ0v) is 20.1. The summed E-state index contributed by atoms with van der Waals surface area (Å²) in [5, 5.41) is 9.19. The first-order valence-corrected chi connectivity index (χ1v) is 12.1. The second-order valence-electron chi connectivity index (χ2n) is 9.28. The third kappa shape index (κ3) is 4.77. The van der Waals surface area contributed by atoms with E-state index in [0.29, 0.717) is 56.3 Å². The number of ether oxygens (including phenoxy) is 1. The highest BCUT2D eigenvalue weighted by Crippen LogP contribution is 2.31. The van der Waals surface area contributed by atoms with Crippen LogP contribution in [-0.4, -0.2) is 81.9 Å². The average molecular weight is 497 g/mol. The minimum Gasteiger partial charge on any atom is -0.491 e. The lowest BCUT2D eigenvalue weighted by Gasteiger charge is -2.35. The molecule has 11 heteroatoms. The Balaban J connectivity index is 1.34. The molecule has 1 fully saturated rings. The standard InChI is InChI=1S/C25H29FN6O4/c1-30(25(34)35)23-28-20-13-18(14-27-22(20)29-23)17-2-3-21-19(12-17)15-32(10-11-36-21)24(33)31-8-5-16(4-7-26)6-9-31/h2-3,12-14,16H,4-11,15H2,1H3,(H,34,35)(H,27,28,29). The van der Waals surface area contributed by atoms with Gasteiger partial charge in [0.2, 0.25) is 5.95 Å². The van der Waals surface area contributed by atoms with E-state index in [4.69, 9.17) is 4.74 Å². The Morgan fingerprint density at radius 2 is 2.00 bits per heavy atom. The Kier molecular flexibility index (Phi) is 6.62. The van der Waals surface area contributed by atoms with Crippen molar-refractivity contribution < 1.29 is 23.8 Å². The van der Waals surface area contributed by atoms with Gasteiger partial charge in [-0.2, -0.15) is 4.98 Å². The second-order valence-corrected chi connectivity index (χ2v) is 9.28. The van der Waals surface area contributed by atoms with Crippen LogP contribution in [0.25, 0.3) is 22.3 Å². The van der Waals surface area contributed by atoms with Crippen LogP contribution in [0.1, 0.15) is 24.8 Å². The number of pyridine rings is 1. The Morgan fingerprint density at radius 1 is 1.19 bits per heavy atom. The molecule has 3 amide bonds. The third-order valence-electron chi connectivity index (χ3n) is 6.98. The van der Waals surface area contributed by atoms with E-state index < -0.39 is 6.09 Å². The van der Waals surface area contributed by atoms with Gasteiger partial charge in [-0.3, -0.25) is 9.29 Å². The Bertz CT molecular complexity index is 1270. The summed E-state index contributed by atoms with van der Waals surface area (Å²) in [6.07, 6.45) is 2.83. The van der Waals surface area contributed by atoms with Crippen molar-refractivity contribution in [3.8, 4) is 16.9 Å². The molecule has 4 heterocycles. The Morgan fingerprint density at radius 3 is 2.75 bits per heavy atom. The highest BCUT2D eigenvalue weighted by atomic mass is 19.1. The molecule has 2 aliphatic heterocycles. The molecule has 2 N–H and O–H groups in total. The van der Waals surface area contributed by atoms with Crippen molar-refractivity contribution in [1.29, 1.82) is 0 Å². The number of aromatic nitrogens is 3. The van der Waals surface area contributed by atoms with Crippen LogP contribution in [-0.2, 0) is 6.54 Å². The van der Waals surface area contributed by atoms with E-state index in [-0.39, 0.29) is 18.7 Å². The fourth-order valence-corrected chi connectivity index (χ4v) is 4.80. The number of alkyl halides is 1. The number of likely N-dealkylation sites (tertiary alicyclic amines) is 1. The first-order chi connectivity index (χ1) is 17.4. The van der Waals surface area contributed by atoms with Crippen LogP contribution in [0.5, 0.6) is 5.75 Å². The number of hydrogen-bond donors (Lipinski definition) is 2. The van der Waals surface area contributed by atoms with Gasteiger partial charge in [0.15, 0.2) is 5.65 Å². The number of carbonyl (C=O) groups is 2.